The van der Waals surface area contributed by atoms with Gasteiger partial charge in [0.25, 0.3) is 0 Å². The van der Waals surface area contributed by atoms with Gasteiger partial charge >= 0.3 is 5.56 Å². The van der Waals surface area contributed by atoms with E-state index in [2.05, 4.69) is 16.9 Å². The van der Waals surface area contributed by atoms with Crippen LogP contribution in [0.5, 0.6) is 11.5 Å². The van der Waals surface area contributed by atoms with Gasteiger partial charge in [0, 0.05) is 35.4 Å². The quantitative estimate of drug-likeness (QED) is 0.337. The third-order valence-electron chi connectivity index (χ3n) is 7.04. The van der Waals surface area contributed by atoms with Gasteiger partial charge in [-0.15, -0.1) is 4.31 Å². The van der Waals surface area contributed by atoms with Crippen LogP contribution >= 0.6 is 0 Å². The maximum atomic E-state index is 13.5. The average molecular weight is 524 g/mol. The van der Waals surface area contributed by atoms with E-state index in [4.69, 9.17) is 15.2 Å². The summed E-state index contributed by atoms with van der Waals surface area (Å²) in [4.78, 5) is 15.6. The number of nitrogen functional groups attached to an aromatic ring is 1. The predicted octanol–water partition coefficient (Wildman–Crippen LogP) is 2.99. The number of piperazine rings is 1. The van der Waals surface area contributed by atoms with Crippen molar-refractivity contribution in [1.29, 1.82) is 0 Å². The molecular weight excluding hydrogens is 490 g/mol. The minimum Gasteiger partial charge on any atom is -0.598 e. The Hall–Kier alpha value is -3.21. The summed E-state index contributed by atoms with van der Waals surface area (Å²) < 4.78 is 27.9. The molecule has 10 heteroatoms. The molecular formula is C27H33N5O4S. The largest absolute Gasteiger partial charge is 0.598 e. The molecule has 1 atom stereocenters. The van der Waals surface area contributed by atoms with Crippen LogP contribution in [0.15, 0.2) is 59.5 Å². The molecule has 1 saturated carbocycles. The third kappa shape index (κ3) is 5.71. The maximum absolute atomic E-state index is 13.5. The number of ether oxygens (including phenoxy) is 2. The third-order valence-corrected chi connectivity index (χ3v) is 8.56. The first kappa shape index (κ1) is 25.4. The number of hydrogen-bond acceptors (Lipinski definition) is 8. The van der Waals surface area contributed by atoms with Gasteiger partial charge in [-0.1, -0.05) is 31.2 Å². The maximum Gasteiger partial charge on any atom is 0.316 e. The van der Waals surface area contributed by atoms with Gasteiger partial charge < -0.3 is 24.7 Å². The van der Waals surface area contributed by atoms with Crippen LogP contribution in [-0.4, -0.2) is 58.5 Å². The summed E-state index contributed by atoms with van der Waals surface area (Å²) in [7, 11) is 1.57. The normalized spacial score (nSPS) is 17.9. The lowest BCUT2D eigenvalue weighted by molar-refractivity contribution is 0.242. The van der Waals surface area contributed by atoms with Crippen LogP contribution in [0.1, 0.15) is 25.3 Å². The fourth-order valence-electron chi connectivity index (χ4n) is 4.36. The number of nitrogens with zero attached hydrogens (tertiary/aromatic N) is 4. The zero-order valence-corrected chi connectivity index (χ0v) is 22.1. The Labute approximate surface area is 220 Å². The highest BCUT2D eigenvalue weighted by molar-refractivity contribution is 7.88. The summed E-state index contributed by atoms with van der Waals surface area (Å²) in [5.74, 6) is 1.30. The number of methoxy groups -OCH3 is 1. The topological polar surface area (TPSA) is 109 Å². The Kier molecular flexibility index (Phi) is 7.32. The molecule has 0 bridgehead atoms. The van der Waals surface area contributed by atoms with Crippen LogP contribution in [0.25, 0.3) is 5.69 Å². The molecule has 3 aromatic rings. The summed E-state index contributed by atoms with van der Waals surface area (Å²) in [6.45, 7) is 5.09. The Morgan fingerprint density at radius 1 is 1.11 bits per heavy atom. The van der Waals surface area contributed by atoms with E-state index in [9.17, 15) is 9.35 Å². The van der Waals surface area contributed by atoms with E-state index in [1.165, 1.54) is 4.68 Å². The van der Waals surface area contributed by atoms with Gasteiger partial charge in [-0.05, 0) is 37.1 Å². The smallest absolute Gasteiger partial charge is 0.316 e. The number of rotatable bonds is 9. The Bertz CT molecular complexity index is 1290. The fraction of sp³-hybridized carbons (Fsp3) is 0.407. The Balaban J connectivity index is 1.30. The highest BCUT2D eigenvalue weighted by Crippen LogP contribution is 2.45. The number of anilines is 2. The number of aromatic nitrogens is 2. The lowest BCUT2D eigenvalue weighted by Crippen LogP contribution is -2.49. The van der Waals surface area contributed by atoms with E-state index in [1.54, 1.807) is 19.4 Å². The molecule has 1 saturated heterocycles. The van der Waals surface area contributed by atoms with Crippen LogP contribution in [0.3, 0.4) is 0 Å². The summed E-state index contributed by atoms with van der Waals surface area (Å²) in [6.07, 6.45) is 3.92. The van der Waals surface area contributed by atoms with E-state index in [-0.39, 0.29) is 11.0 Å². The lowest BCUT2D eigenvalue weighted by atomic mass is 10.2. The van der Waals surface area contributed by atoms with Crippen molar-refractivity contribution in [3.63, 3.8) is 0 Å². The van der Waals surface area contributed by atoms with Crippen molar-refractivity contribution in [2.75, 3.05) is 50.5 Å². The van der Waals surface area contributed by atoms with Crippen molar-refractivity contribution >= 4 is 22.7 Å². The van der Waals surface area contributed by atoms with Crippen molar-refractivity contribution in [2.24, 2.45) is 5.41 Å². The fourth-order valence-corrected chi connectivity index (χ4v) is 5.58. The van der Waals surface area contributed by atoms with E-state index < -0.39 is 11.4 Å². The van der Waals surface area contributed by atoms with Gasteiger partial charge in [0.1, 0.15) is 11.4 Å². The molecule has 2 fully saturated rings. The molecule has 0 spiro atoms. The second-order valence-electron chi connectivity index (χ2n) is 9.97. The summed E-state index contributed by atoms with van der Waals surface area (Å²) in [5.41, 5.74) is 8.61. The molecule has 1 unspecified atom stereocenters. The first-order chi connectivity index (χ1) is 17.9. The van der Waals surface area contributed by atoms with Crippen LogP contribution < -0.4 is 25.7 Å². The van der Waals surface area contributed by atoms with Crippen LogP contribution in [0.2, 0.25) is 0 Å². The molecule has 2 N–H and O–H groups in total. The standard InChI is InChI=1S/C27H33N5O4S/c1-27(10-11-27)19-36-25-23(17-29-32(26(25)33)21-6-4-3-5-7-21)30-12-14-31(15-13-30)37(34)18-20-8-9-22(28)24(16-20)35-2/h3-9,16-17H,10-15,18-19,28H2,1-2H3. The van der Waals surface area contributed by atoms with Gasteiger partial charge in [0.2, 0.25) is 5.75 Å². The van der Waals surface area contributed by atoms with Gasteiger partial charge in [0.05, 0.1) is 44.4 Å². The van der Waals surface area contributed by atoms with E-state index in [1.807, 2.05) is 46.8 Å². The van der Waals surface area contributed by atoms with Gasteiger partial charge in [-0.3, -0.25) is 4.79 Å². The monoisotopic (exact) mass is 523 g/mol. The zero-order valence-electron chi connectivity index (χ0n) is 21.3. The van der Waals surface area contributed by atoms with E-state index >= 15 is 0 Å². The first-order valence-electron chi connectivity index (χ1n) is 12.5. The lowest BCUT2D eigenvalue weighted by Gasteiger charge is -2.36. The molecule has 2 heterocycles. The summed E-state index contributed by atoms with van der Waals surface area (Å²) in [5, 5.41) is 4.46. The molecule has 0 radical (unpaired) electrons. The van der Waals surface area contributed by atoms with Crippen molar-refractivity contribution in [3.05, 3.63) is 70.6 Å². The highest BCUT2D eigenvalue weighted by Gasteiger charge is 2.39. The molecule has 2 aromatic carbocycles. The van der Waals surface area contributed by atoms with E-state index in [0.29, 0.717) is 67.1 Å². The molecule has 196 valence electrons. The number of para-hydroxylation sites is 1. The first-order valence-corrected chi connectivity index (χ1v) is 13.8. The van der Waals surface area contributed by atoms with Crippen LogP contribution in [0.4, 0.5) is 11.4 Å². The van der Waals surface area contributed by atoms with Crippen molar-refractivity contribution in [3.8, 4) is 17.2 Å². The minimum absolute atomic E-state index is 0.130. The van der Waals surface area contributed by atoms with Crippen molar-refractivity contribution in [2.45, 2.75) is 25.5 Å². The van der Waals surface area contributed by atoms with Crippen LogP contribution in [0, 0.1) is 5.41 Å². The summed E-state index contributed by atoms with van der Waals surface area (Å²) >= 11 is -1.19. The molecule has 1 aliphatic carbocycles. The molecule has 1 aliphatic heterocycles. The Morgan fingerprint density at radius 3 is 2.51 bits per heavy atom. The second kappa shape index (κ2) is 10.6. The SMILES string of the molecule is COc1cc(C[S+]([O-])N2CCN(c3cnn(-c4ccccc4)c(=O)c3OCC3(C)CC3)CC2)ccc1N. The van der Waals surface area contributed by atoms with Gasteiger partial charge in [0.15, 0.2) is 5.75 Å². The summed E-state index contributed by atoms with van der Waals surface area (Å²) in [6, 6.07) is 14.9. The van der Waals surface area contributed by atoms with Crippen molar-refractivity contribution < 1.29 is 14.0 Å². The number of nitrogens with two attached hydrogens (primary N) is 1. The Morgan fingerprint density at radius 2 is 1.84 bits per heavy atom. The molecule has 9 nitrogen and oxygen atoms in total. The minimum atomic E-state index is -1.19. The van der Waals surface area contributed by atoms with Gasteiger partial charge in [-0.2, -0.15) is 9.78 Å². The average Bonchev–Trinajstić information content (AvgIpc) is 3.66. The highest BCUT2D eigenvalue weighted by atomic mass is 32.2. The molecule has 0 amide bonds. The second-order valence-corrected chi connectivity index (χ2v) is 11.4. The molecule has 2 aliphatic rings. The van der Waals surface area contributed by atoms with E-state index in [0.717, 1.165) is 18.4 Å². The number of hydrogen-bond donors (Lipinski definition) is 1. The molecule has 37 heavy (non-hydrogen) atoms. The number of benzene rings is 2. The zero-order chi connectivity index (χ0) is 26.0. The predicted molar refractivity (Wildman–Crippen MR) is 146 cm³/mol. The van der Waals surface area contributed by atoms with Gasteiger partial charge in [-0.25, -0.2) is 0 Å². The van der Waals surface area contributed by atoms with Crippen LogP contribution in [-0.2, 0) is 17.1 Å². The molecule has 5 rings (SSSR count). The molecule has 1 aromatic heterocycles. The van der Waals surface area contributed by atoms with Crippen molar-refractivity contribution in [1.82, 2.24) is 14.1 Å².